The number of amides is 5. The first-order chi connectivity index (χ1) is 23.8. The van der Waals surface area contributed by atoms with Crippen LogP contribution in [-0.2, 0) is 38.3 Å². The van der Waals surface area contributed by atoms with E-state index in [4.69, 9.17) is 19.9 Å². The number of esters is 2. The number of carbonyl (C=O) groups is 7. The molecule has 0 saturated carbocycles. The van der Waals surface area contributed by atoms with E-state index in [0.29, 0.717) is 24.9 Å². The molecular formula is C34H51N5O10S. The summed E-state index contributed by atoms with van der Waals surface area (Å²) in [6, 6.07) is 3.72. The smallest absolute Gasteiger partial charge is 0.334 e. The lowest BCUT2D eigenvalue weighted by Crippen LogP contribution is -2.47. The molecule has 4 atom stereocenters. The molecule has 1 aromatic rings. The maximum atomic E-state index is 13.2. The number of hydrogen-bond acceptors (Lipinski definition) is 12. The monoisotopic (exact) mass is 721 g/mol. The highest BCUT2D eigenvalue weighted by atomic mass is 32.2. The first kappa shape index (κ1) is 42.0. The van der Waals surface area contributed by atoms with E-state index in [-0.39, 0.29) is 91.5 Å². The van der Waals surface area contributed by atoms with Gasteiger partial charge in [-0.15, -0.1) is 11.8 Å². The lowest BCUT2D eigenvalue weighted by Gasteiger charge is -2.23. The summed E-state index contributed by atoms with van der Waals surface area (Å²) in [4.78, 5) is 87.9. The summed E-state index contributed by atoms with van der Waals surface area (Å²) >= 11 is 1.19. The second kappa shape index (κ2) is 21.8. The van der Waals surface area contributed by atoms with Crippen molar-refractivity contribution in [2.45, 2.75) is 89.5 Å². The lowest BCUT2D eigenvalue weighted by atomic mass is 9.99. The molecule has 0 aliphatic carbocycles. The summed E-state index contributed by atoms with van der Waals surface area (Å²) in [5, 5.41) is 7.35. The highest BCUT2D eigenvalue weighted by Crippen LogP contribution is 2.32. The third kappa shape index (κ3) is 13.6. The maximum absolute atomic E-state index is 13.2. The predicted molar refractivity (Wildman–Crippen MR) is 186 cm³/mol. The number of thioether (sulfide) groups is 1. The Morgan fingerprint density at radius 1 is 1.02 bits per heavy atom. The molecule has 0 aromatic heterocycles. The molecular weight excluding hydrogens is 670 g/mol. The molecule has 15 nitrogen and oxygen atoms in total. The van der Waals surface area contributed by atoms with Gasteiger partial charge in [0.1, 0.15) is 12.1 Å². The Balaban J connectivity index is 2.00. The summed E-state index contributed by atoms with van der Waals surface area (Å²) in [7, 11) is 2.86. The van der Waals surface area contributed by atoms with Crippen LogP contribution < -0.4 is 31.2 Å². The van der Waals surface area contributed by atoms with Crippen molar-refractivity contribution in [1.82, 2.24) is 20.9 Å². The number of hydrogen-bond donors (Lipinski definition) is 4. The second-order valence-corrected chi connectivity index (χ2v) is 13.2. The number of methoxy groups -OCH3 is 1. The Labute approximate surface area is 297 Å². The van der Waals surface area contributed by atoms with Crippen LogP contribution in [0.4, 0.5) is 0 Å². The van der Waals surface area contributed by atoms with Crippen molar-refractivity contribution in [3.63, 3.8) is 0 Å². The number of carbonyl (C=O) groups excluding carboxylic acids is 7. The van der Waals surface area contributed by atoms with Crippen LogP contribution in [0.15, 0.2) is 18.2 Å². The summed E-state index contributed by atoms with van der Waals surface area (Å²) < 4.78 is 16.6. The van der Waals surface area contributed by atoms with E-state index in [1.807, 2.05) is 13.8 Å². The summed E-state index contributed by atoms with van der Waals surface area (Å²) in [5.41, 5.74) is 5.98. The fourth-order valence-electron chi connectivity index (χ4n) is 5.04. The zero-order valence-electron chi connectivity index (χ0n) is 29.5. The fraction of sp³-hybridized carbons (Fsp3) is 0.618. The third-order valence-electron chi connectivity index (χ3n) is 8.15. The lowest BCUT2D eigenvalue weighted by molar-refractivity contribution is -0.147. The highest BCUT2D eigenvalue weighted by molar-refractivity contribution is 8.00. The van der Waals surface area contributed by atoms with Gasteiger partial charge in [0.15, 0.2) is 11.5 Å². The van der Waals surface area contributed by atoms with Crippen molar-refractivity contribution in [3.8, 4) is 11.5 Å². The van der Waals surface area contributed by atoms with E-state index in [2.05, 4.69) is 16.0 Å². The van der Waals surface area contributed by atoms with Gasteiger partial charge >= 0.3 is 11.9 Å². The van der Waals surface area contributed by atoms with Gasteiger partial charge in [0.05, 0.1) is 18.9 Å². The van der Waals surface area contributed by atoms with Gasteiger partial charge in [0.25, 0.3) is 0 Å². The molecule has 5 N–H and O–H groups in total. The van der Waals surface area contributed by atoms with E-state index in [0.717, 1.165) is 17.7 Å². The molecule has 1 aromatic carbocycles. The molecule has 16 heteroatoms. The fourth-order valence-corrected chi connectivity index (χ4v) is 6.15. The molecule has 2 rings (SSSR count). The van der Waals surface area contributed by atoms with E-state index in [9.17, 15) is 33.6 Å². The van der Waals surface area contributed by atoms with Gasteiger partial charge in [-0.2, -0.15) is 0 Å². The van der Waals surface area contributed by atoms with Gasteiger partial charge in [-0.1, -0.05) is 32.8 Å². The predicted octanol–water partition coefficient (Wildman–Crippen LogP) is 1.76. The quantitative estimate of drug-likeness (QED) is 0.0584. The third-order valence-corrected chi connectivity index (χ3v) is 9.36. The zero-order valence-corrected chi connectivity index (χ0v) is 30.4. The van der Waals surface area contributed by atoms with Gasteiger partial charge in [-0.05, 0) is 43.0 Å². The van der Waals surface area contributed by atoms with Crippen molar-refractivity contribution in [3.05, 3.63) is 23.8 Å². The average Bonchev–Trinajstić information content (AvgIpc) is 3.36. The molecule has 0 radical (unpaired) electrons. The number of nitrogens with zero attached hydrogens (tertiary/aromatic N) is 1. The first-order valence-electron chi connectivity index (χ1n) is 16.8. The van der Waals surface area contributed by atoms with Crippen LogP contribution in [0.1, 0.15) is 83.8 Å². The molecule has 1 fully saturated rings. The Hall–Kier alpha value is -4.18. The van der Waals surface area contributed by atoms with Gasteiger partial charge < -0.3 is 35.9 Å². The number of benzene rings is 1. The van der Waals surface area contributed by atoms with Crippen LogP contribution >= 0.6 is 11.8 Å². The Kier molecular flexibility index (Phi) is 18.3. The molecule has 5 amide bonds. The molecule has 1 aliphatic heterocycles. The molecule has 1 saturated heterocycles. The number of unbranched alkanes of at least 4 members (excludes halogenated alkanes) is 2. The van der Waals surface area contributed by atoms with Crippen LogP contribution in [0.5, 0.6) is 11.5 Å². The van der Waals surface area contributed by atoms with Gasteiger partial charge in [0.2, 0.25) is 29.5 Å². The number of nitrogens with one attached hydrogen (secondary N) is 3. The molecule has 278 valence electrons. The minimum absolute atomic E-state index is 0.00305. The normalized spacial score (nSPS) is 15.9. The minimum atomic E-state index is -0.905. The SMILES string of the molecule is CC[C@H](C)[C@H](NC(=O)CCCCCN)C(=O)Oc1ccc(C(CNC(=O)CCSC2CC(=O)N(CCC(=O)NC)C2=O)OC(C)=O)cc1OC. The summed E-state index contributed by atoms with van der Waals surface area (Å²) in [6.45, 7) is 5.47. The van der Waals surface area contributed by atoms with Crippen LogP contribution in [0, 0.1) is 5.92 Å². The van der Waals surface area contributed by atoms with Crippen molar-refractivity contribution in [2.75, 3.05) is 39.5 Å². The number of rotatable bonds is 22. The topological polar surface area (TPSA) is 213 Å². The second-order valence-electron chi connectivity index (χ2n) is 11.9. The van der Waals surface area contributed by atoms with Crippen molar-refractivity contribution in [2.24, 2.45) is 11.7 Å². The standard InChI is InChI=1S/C34H51N5O10S/c1-6-21(2)32(38-30(43)10-8-7-9-15-35)34(46)49-24-12-11-23(18-25(24)47-5)26(48-22(3)40)20-37-29(42)14-17-50-27-19-31(44)39(33(27)45)16-13-28(41)36-4/h11-12,18,21,26-27,32H,6-10,13-17,19-20,35H2,1-5H3,(H,36,41)(H,37,42)(H,38,43)/t21-,26?,27?,32-/m0/s1. The number of imide groups is 1. The number of likely N-dealkylation sites (tertiary alicyclic amines) is 1. The highest BCUT2D eigenvalue weighted by Gasteiger charge is 2.38. The van der Waals surface area contributed by atoms with E-state index < -0.39 is 29.3 Å². The number of ether oxygens (including phenoxy) is 3. The average molecular weight is 722 g/mol. The summed E-state index contributed by atoms with van der Waals surface area (Å²) in [6.07, 6.45) is 2.34. The van der Waals surface area contributed by atoms with E-state index in [1.54, 1.807) is 6.07 Å². The Morgan fingerprint density at radius 3 is 2.40 bits per heavy atom. The molecule has 0 spiro atoms. The van der Waals surface area contributed by atoms with Crippen LogP contribution in [0.25, 0.3) is 0 Å². The zero-order chi connectivity index (χ0) is 37.2. The van der Waals surface area contributed by atoms with Crippen LogP contribution in [-0.4, -0.2) is 97.2 Å². The number of nitrogens with two attached hydrogens (primary N) is 1. The largest absolute Gasteiger partial charge is 0.493 e. The van der Waals surface area contributed by atoms with Crippen molar-refractivity contribution in [1.29, 1.82) is 0 Å². The Morgan fingerprint density at radius 2 is 1.76 bits per heavy atom. The molecule has 1 aliphatic rings. The van der Waals surface area contributed by atoms with Crippen LogP contribution in [0.3, 0.4) is 0 Å². The maximum Gasteiger partial charge on any atom is 0.334 e. The van der Waals surface area contributed by atoms with Gasteiger partial charge in [-0.25, -0.2) is 4.79 Å². The molecule has 2 unspecified atom stereocenters. The molecule has 50 heavy (non-hydrogen) atoms. The van der Waals surface area contributed by atoms with Crippen molar-refractivity contribution < 1.29 is 47.8 Å². The van der Waals surface area contributed by atoms with Gasteiger partial charge in [-0.3, -0.25) is 33.7 Å². The Bertz CT molecular complexity index is 1360. The van der Waals surface area contributed by atoms with E-state index >= 15 is 0 Å². The summed E-state index contributed by atoms with van der Waals surface area (Å²) in [5.74, 6) is -2.53. The first-order valence-corrected chi connectivity index (χ1v) is 17.9. The van der Waals surface area contributed by atoms with E-state index in [1.165, 1.54) is 45.0 Å². The molecule has 0 bridgehead atoms. The van der Waals surface area contributed by atoms with Crippen molar-refractivity contribution >= 4 is 53.2 Å². The van der Waals surface area contributed by atoms with Gasteiger partial charge in [0, 0.05) is 52.0 Å². The minimum Gasteiger partial charge on any atom is -0.493 e. The molecule has 1 heterocycles. The van der Waals surface area contributed by atoms with Crippen LogP contribution in [0.2, 0.25) is 0 Å².